The van der Waals surface area contributed by atoms with E-state index in [0.29, 0.717) is 5.02 Å². The van der Waals surface area contributed by atoms with E-state index in [1.807, 2.05) is 50.2 Å². The molecule has 0 aromatic heterocycles. The zero-order valence-electron chi connectivity index (χ0n) is 9.74. The highest BCUT2D eigenvalue weighted by Crippen LogP contribution is 2.22. The number of hydrogen-bond donors (Lipinski definition) is 0. The van der Waals surface area contributed by atoms with Gasteiger partial charge in [-0.25, -0.2) is 4.21 Å². The summed E-state index contributed by atoms with van der Waals surface area (Å²) in [6.45, 7) is 3.94. The molecular weight excluding hydrogens is 252 g/mol. The van der Waals surface area contributed by atoms with E-state index in [1.165, 1.54) is 5.56 Å². The van der Waals surface area contributed by atoms with E-state index >= 15 is 0 Å². The third-order valence-electron chi connectivity index (χ3n) is 2.57. The molecule has 3 heteroatoms. The van der Waals surface area contributed by atoms with E-state index < -0.39 is 10.8 Å². The Hall–Kier alpha value is -1.12. The molecule has 1 unspecified atom stereocenters. The van der Waals surface area contributed by atoms with Gasteiger partial charge in [-0.05, 0) is 49.7 Å². The van der Waals surface area contributed by atoms with Crippen LogP contribution in [0, 0.1) is 13.8 Å². The van der Waals surface area contributed by atoms with Crippen molar-refractivity contribution in [3.05, 3.63) is 58.6 Å². The van der Waals surface area contributed by atoms with Crippen LogP contribution in [0.25, 0.3) is 0 Å². The minimum Gasteiger partial charge on any atom is -0.249 e. The Labute approximate surface area is 109 Å². The van der Waals surface area contributed by atoms with Gasteiger partial charge in [0.15, 0.2) is 0 Å². The molecule has 2 aromatic rings. The van der Waals surface area contributed by atoms with Crippen molar-refractivity contribution in [1.82, 2.24) is 0 Å². The van der Waals surface area contributed by atoms with Crippen LogP contribution < -0.4 is 0 Å². The minimum atomic E-state index is -1.13. The molecule has 0 bridgehead atoms. The summed E-state index contributed by atoms with van der Waals surface area (Å²) in [5.74, 6) is 0. The third-order valence-corrected chi connectivity index (χ3v) is 4.36. The van der Waals surface area contributed by atoms with Gasteiger partial charge in [-0.15, -0.1) is 0 Å². The standard InChI is InChI=1S/C14H13ClOS/c1-10-3-6-13(7-4-10)17(16)14-8-5-12(15)9-11(14)2/h3-9H,1-2H3. The van der Waals surface area contributed by atoms with Crippen LogP contribution in [-0.2, 0) is 10.8 Å². The van der Waals surface area contributed by atoms with Crippen molar-refractivity contribution in [1.29, 1.82) is 0 Å². The van der Waals surface area contributed by atoms with E-state index in [0.717, 1.165) is 15.4 Å². The van der Waals surface area contributed by atoms with E-state index in [4.69, 9.17) is 11.6 Å². The van der Waals surface area contributed by atoms with Crippen molar-refractivity contribution in [3.8, 4) is 0 Å². The van der Waals surface area contributed by atoms with Crippen molar-refractivity contribution in [3.63, 3.8) is 0 Å². The smallest absolute Gasteiger partial charge is 0.0852 e. The molecular formula is C14H13ClOS. The molecule has 0 aliphatic rings. The summed E-state index contributed by atoms with van der Waals surface area (Å²) in [5, 5.41) is 0.673. The molecule has 0 spiro atoms. The van der Waals surface area contributed by atoms with Crippen LogP contribution in [0.2, 0.25) is 5.02 Å². The fourth-order valence-corrected chi connectivity index (χ4v) is 3.02. The minimum absolute atomic E-state index is 0.673. The lowest BCUT2D eigenvalue weighted by Crippen LogP contribution is -1.95. The van der Waals surface area contributed by atoms with Crippen molar-refractivity contribution < 1.29 is 4.21 Å². The Morgan fingerprint density at radius 1 is 1.00 bits per heavy atom. The molecule has 17 heavy (non-hydrogen) atoms. The maximum atomic E-state index is 12.4. The summed E-state index contributed by atoms with van der Waals surface area (Å²) >= 11 is 5.89. The zero-order chi connectivity index (χ0) is 12.4. The number of halogens is 1. The van der Waals surface area contributed by atoms with E-state index in [9.17, 15) is 4.21 Å². The molecule has 0 amide bonds. The lowest BCUT2D eigenvalue weighted by molar-refractivity contribution is 0.682. The van der Waals surface area contributed by atoms with Crippen LogP contribution in [0.3, 0.4) is 0 Å². The molecule has 2 aromatic carbocycles. The maximum absolute atomic E-state index is 12.4. The molecule has 2 rings (SSSR count). The number of rotatable bonds is 2. The molecule has 0 heterocycles. The van der Waals surface area contributed by atoms with Gasteiger partial charge in [0, 0.05) is 14.8 Å². The Kier molecular flexibility index (Phi) is 3.65. The predicted molar refractivity (Wildman–Crippen MR) is 72.0 cm³/mol. The van der Waals surface area contributed by atoms with Gasteiger partial charge in [-0.1, -0.05) is 29.3 Å². The van der Waals surface area contributed by atoms with Gasteiger partial charge in [-0.3, -0.25) is 0 Å². The Morgan fingerprint density at radius 3 is 2.24 bits per heavy atom. The first-order valence-corrected chi connectivity index (χ1v) is 6.85. The fraction of sp³-hybridized carbons (Fsp3) is 0.143. The Bertz CT molecular complexity index is 561. The molecule has 0 N–H and O–H groups in total. The molecule has 0 radical (unpaired) electrons. The van der Waals surface area contributed by atoms with Gasteiger partial charge < -0.3 is 0 Å². The largest absolute Gasteiger partial charge is 0.249 e. The van der Waals surface area contributed by atoms with Crippen LogP contribution in [0.5, 0.6) is 0 Å². The Balaban J connectivity index is 2.40. The first kappa shape index (κ1) is 12.3. The average molecular weight is 265 g/mol. The highest BCUT2D eigenvalue weighted by atomic mass is 35.5. The lowest BCUT2D eigenvalue weighted by atomic mass is 10.2. The van der Waals surface area contributed by atoms with E-state index in [-0.39, 0.29) is 0 Å². The molecule has 0 aliphatic heterocycles. The van der Waals surface area contributed by atoms with E-state index in [1.54, 1.807) is 6.07 Å². The molecule has 88 valence electrons. The lowest BCUT2D eigenvalue weighted by Gasteiger charge is -2.06. The SMILES string of the molecule is Cc1ccc(S(=O)c2ccc(Cl)cc2C)cc1. The van der Waals surface area contributed by atoms with Crippen LogP contribution in [0.1, 0.15) is 11.1 Å². The molecule has 0 fully saturated rings. The second kappa shape index (κ2) is 5.03. The van der Waals surface area contributed by atoms with Gasteiger partial charge >= 0.3 is 0 Å². The first-order chi connectivity index (χ1) is 8.08. The summed E-state index contributed by atoms with van der Waals surface area (Å²) in [7, 11) is -1.13. The van der Waals surface area contributed by atoms with Gasteiger partial charge in [0.1, 0.15) is 0 Å². The molecule has 1 atom stereocenters. The molecule has 0 aliphatic carbocycles. The summed E-state index contributed by atoms with van der Waals surface area (Å²) in [6.07, 6.45) is 0. The fourth-order valence-electron chi connectivity index (χ4n) is 1.61. The number of aryl methyl sites for hydroxylation is 2. The van der Waals surface area contributed by atoms with Crippen LogP contribution in [-0.4, -0.2) is 4.21 Å². The average Bonchev–Trinajstić information content (AvgIpc) is 2.29. The maximum Gasteiger partial charge on any atom is 0.0852 e. The quantitative estimate of drug-likeness (QED) is 0.797. The highest BCUT2D eigenvalue weighted by Gasteiger charge is 2.09. The highest BCUT2D eigenvalue weighted by molar-refractivity contribution is 7.85. The molecule has 0 saturated heterocycles. The van der Waals surface area contributed by atoms with E-state index in [2.05, 4.69) is 0 Å². The summed E-state index contributed by atoms with van der Waals surface area (Å²) in [5.41, 5.74) is 2.12. The zero-order valence-corrected chi connectivity index (χ0v) is 11.3. The monoisotopic (exact) mass is 264 g/mol. The normalized spacial score (nSPS) is 12.4. The summed E-state index contributed by atoms with van der Waals surface area (Å²) < 4.78 is 12.4. The van der Waals surface area contributed by atoms with Crippen molar-refractivity contribution >= 4 is 22.4 Å². The van der Waals surface area contributed by atoms with Crippen molar-refractivity contribution in [2.45, 2.75) is 23.6 Å². The van der Waals surface area contributed by atoms with Crippen molar-refractivity contribution in [2.24, 2.45) is 0 Å². The topological polar surface area (TPSA) is 17.1 Å². The van der Waals surface area contributed by atoms with Crippen LogP contribution in [0.15, 0.2) is 52.3 Å². The van der Waals surface area contributed by atoms with Crippen LogP contribution in [0.4, 0.5) is 0 Å². The summed E-state index contributed by atoms with van der Waals surface area (Å²) in [4.78, 5) is 1.64. The molecule has 0 saturated carbocycles. The summed E-state index contributed by atoms with van der Waals surface area (Å²) in [6, 6.07) is 13.2. The van der Waals surface area contributed by atoms with Gasteiger partial charge in [0.05, 0.1) is 10.8 Å². The second-order valence-electron chi connectivity index (χ2n) is 3.99. The molecule has 1 nitrogen and oxygen atoms in total. The van der Waals surface area contributed by atoms with Gasteiger partial charge in [0.25, 0.3) is 0 Å². The van der Waals surface area contributed by atoms with Crippen molar-refractivity contribution in [2.75, 3.05) is 0 Å². The van der Waals surface area contributed by atoms with Gasteiger partial charge in [-0.2, -0.15) is 0 Å². The second-order valence-corrected chi connectivity index (χ2v) is 5.88. The van der Waals surface area contributed by atoms with Gasteiger partial charge in [0.2, 0.25) is 0 Å². The first-order valence-electron chi connectivity index (χ1n) is 5.32. The number of hydrogen-bond acceptors (Lipinski definition) is 1. The van der Waals surface area contributed by atoms with Crippen LogP contribution >= 0.6 is 11.6 Å². The number of benzene rings is 2. The Morgan fingerprint density at radius 2 is 1.65 bits per heavy atom. The predicted octanol–water partition coefficient (Wildman–Crippen LogP) is 4.12. The third kappa shape index (κ3) is 2.76.